The van der Waals surface area contributed by atoms with Gasteiger partial charge in [-0.25, -0.2) is 4.98 Å². The zero-order valence-corrected chi connectivity index (χ0v) is 8.01. The third-order valence-corrected chi connectivity index (χ3v) is 2.23. The van der Waals surface area contributed by atoms with E-state index in [-0.39, 0.29) is 0 Å². The van der Waals surface area contributed by atoms with Crippen molar-refractivity contribution in [2.45, 2.75) is 13.5 Å². The molecule has 0 aliphatic rings. The highest BCUT2D eigenvalue weighted by Gasteiger charge is 2.07. The summed E-state index contributed by atoms with van der Waals surface area (Å²) in [5.74, 6) is 0.294. The zero-order valence-electron chi connectivity index (χ0n) is 8.01. The summed E-state index contributed by atoms with van der Waals surface area (Å²) in [5, 5.41) is 9.66. The molecule has 72 valence electrons. The Morgan fingerprint density at radius 2 is 2.14 bits per heavy atom. The number of phenolic OH excluding ortho intramolecular Hbond substituents is 1. The molecule has 0 spiro atoms. The maximum atomic E-state index is 9.66. The van der Waals surface area contributed by atoms with E-state index in [1.54, 1.807) is 18.6 Å². The first-order chi connectivity index (χ1) is 6.83. The molecule has 0 atom stereocenters. The Kier molecular flexibility index (Phi) is 2.23. The molecule has 1 aromatic heterocycles. The average molecular weight is 188 g/mol. The Hall–Kier alpha value is -1.77. The molecule has 0 saturated heterocycles. The second kappa shape index (κ2) is 3.54. The molecule has 3 heteroatoms. The minimum Gasteiger partial charge on any atom is -0.507 e. The van der Waals surface area contributed by atoms with Gasteiger partial charge < -0.3 is 9.67 Å². The van der Waals surface area contributed by atoms with E-state index < -0.39 is 0 Å². The van der Waals surface area contributed by atoms with E-state index in [4.69, 9.17) is 0 Å². The van der Waals surface area contributed by atoms with Crippen LogP contribution in [-0.2, 0) is 6.54 Å². The van der Waals surface area contributed by atoms with Crippen molar-refractivity contribution in [2.24, 2.45) is 0 Å². The van der Waals surface area contributed by atoms with Crippen LogP contribution in [0.3, 0.4) is 0 Å². The third kappa shape index (κ3) is 1.37. The van der Waals surface area contributed by atoms with E-state index >= 15 is 0 Å². The van der Waals surface area contributed by atoms with Crippen LogP contribution >= 0.6 is 0 Å². The summed E-state index contributed by atoms with van der Waals surface area (Å²) in [5.41, 5.74) is 1.78. The summed E-state index contributed by atoms with van der Waals surface area (Å²) >= 11 is 0. The second-order valence-electron chi connectivity index (χ2n) is 3.08. The van der Waals surface area contributed by atoms with E-state index in [9.17, 15) is 5.11 Å². The summed E-state index contributed by atoms with van der Waals surface area (Å²) in [6.45, 7) is 2.90. The molecule has 2 rings (SSSR count). The van der Waals surface area contributed by atoms with Crippen molar-refractivity contribution in [2.75, 3.05) is 0 Å². The van der Waals surface area contributed by atoms with Gasteiger partial charge in [0.05, 0.1) is 18.2 Å². The highest BCUT2D eigenvalue weighted by Crippen LogP contribution is 2.27. The molecule has 1 aromatic carbocycles. The predicted octanol–water partition coefficient (Wildman–Crippen LogP) is 2.28. The Bertz CT molecular complexity index is 434. The van der Waals surface area contributed by atoms with Crippen LogP contribution in [0.25, 0.3) is 11.3 Å². The lowest BCUT2D eigenvalue weighted by Gasteiger charge is -2.06. The quantitative estimate of drug-likeness (QED) is 0.785. The van der Waals surface area contributed by atoms with Gasteiger partial charge in [-0.3, -0.25) is 0 Å². The number of imidazole rings is 1. The van der Waals surface area contributed by atoms with E-state index in [2.05, 4.69) is 4.98 Å². The topological polar surface area (TPSA) is 38.0 Å². The van der Waals surface area contributed by atoms with Crippen molar-refractivity contribution in [1.82, 2.24) is 9.55 Å². The van der Waals surface area contributed by atoms with Crippen LogP contribution in [0.15, 0.2) is 36.8 Å². The number of aromatic hydroxyl groups is 1. The van der Waals surface area contributed by atoms with Crippen LogP contribution in [0.2, 0.25) is 0 Å². The van der Waals surface area contributed by atoms with Gasteiger partial charge in [-0.1, -0.05) is 12.1 Å². The molecule has 0 fully saturated rings. The number of aryl methyl sites for hydroxylation is 1. The summed E-state index contributed by atoms with van der Waals surface area (Å²) in [4.78, 5) is 4.06. The molecule has 0 aliphatic carbocycles. The van der Waals surface area contributed by atoms with Crippen molar-refractivity contribution in [3.8, 4) is 17.0 Å². The fraction of sp³-hybridized carbons (Fsp3) is 0.182. The maximum Gasteiger partial charge on any atom is 0.124 e. The molecule has 0 amide bonds. The van der Waals surface area contributed by atoms with Gasteiger partial charge in [0.15, 0.2) is 0 Å². The molecule has 0 aliphatic heterocycles. The second-order valence-corrected chi connectivity index (χ2v) is 3.08. The first kappa shape index (κ1) is 8.81. The monoisotopic (exact) mass is 188 g/mol. The third-order valence-electron chi connectivity index (χ3n) is 2.23. The lowest BCUT2D eigenvalue weighted by Crippen LogP contribution is -1.94. The van der Waals surface area contributed by atoms with Crippen LogP contribution in [0.4, 0.5) is 0 Å². The molecule has 1 heterocycles. The lowest BCUT2D eigenvalue weighted by atomic mass is 10.1. The smallest absolute Gasteiger partial charge is 0.124 e. The summed E-state index contributed by atoms with van der Waals surface area (Å²) in [6, 6.07) is 7.29. The normalized spacial score (nSPS) is 10.4. The Balaban J connectivity index is 2.54. The van der Waals surface area contributed by atoms with Gasteiger partial charge in [0.2, 0.25) is 0 Å². The van der Waals surface area contributed by atoms with Crippen LogP contribution in [0.1, 0.15) is 6.92 Å². The molecule has 0 unspecified atom stereocenters. The summed E-state index contributed by atoms with van der Waals surface area (Å²) < 4.78 is 2.00. The van der Waals surface area contributed by atoms with E-state index in [0.717, 1.165) is 17.8 Å². The van der Waals surface area contributed by atoms with Crippen molar-refractivity contribution in [1.29, 1.82) is 0 Å². The van der Waals surface area contributed by atoms with Crippen LogP contribution in [-0.4, -0.2) is 14.7 Å². The van der Waals surface area contributed by atoms with E-state index in [1.165, 1.54) is 0 Å². The Labute approximate surface area is 82.7 Å². The minimum atomic E-state index is 0.294. The van der Waals surface area contributed by atoms with Crippen molar-refractivity contribution in [3.63, 3.8) is 0 Å². The van der Waals surface area contributed by atoms with Gasteiger partial charge in [0.1, 0.15) is 5.75 Å². The average Bonchev–Trinajstić information content (AvgIpc) is 2.66. The molecule has 0 bridgehead atoms. The number of phenols is 1. The SMILES string of the molecule is CCn1cncc1-c1ccccc1O. The fourth-order valence-electron chi connectivity index (χ4n) is 1.49. The van der Waals surface area contributed by atoms with Gasteiger partial charge in [-0.15, -0.1) is 0 Å². The molecule has 0 radical (unpaired) electrons. The van der Waals surface area contributed by atoms with E-state index in [0.29, 0.717) is 5.75 Å². The predicted molar refractivity (Wildman–Crippen MR) is 55.0 cm³/mol. The van der Waals surface area contributed by atoms with Crippen LogP contribution in [0, 0.1) is 0 Å². The van der Waals surface area contributed by atoms with Crippen molar-refractivity contribution in [3.05, 3.63) is 36.8 Å². The number of nitrogens with zero attached hydrogens (tertiary/aromatic N) is 2. The molecule has 1 N–H and O–H groups in total. The van der Waals surface area contributed by atoms with Crippen molar-refractivity contribution >= 4 is 0 Å². The lowest BCUT2D eigenvalue weighted by molar-refractivity contribution is 0.476. The summed E-state index contributed by atoms with van der Waals surface area (Å²) in [6.07, 6.45) is 3.53. The van der Waals surface area contributed by atoms with E-state index in [1.807, 2.05) is 29.7 Å². The van der Waals surface area contributed by atoms with Crippen molar-refractivity contribution < 1.29 is 5.11 Å². The number of para-hydroxylation sites is 1. The first-order valence-electron chi connectivity index (χ1n) is 4.61. The van der Waals surface area contributed by atoms with Crippen LogP contribution < -0.4 is 0 Å². The summed E-state index contributed by atoms with van der Waals surface area (Å²) in [7, 11) is 0. The highest BCUT2D eigenvalue weighted by molar-refractivity contribution is 5.66. The number of rotatable bonds is 2. The van der Waals surface area contributed by atoms with Gasteiger partial charge in [0, 0.05) is 12.1 Å². The Morgan fingerprint density at radius 3 is 2.86 bits per heavy atom. The molecule has 2 aromatic rings. The highest BCUT2D eigenvalue weighted by atomic mass is 16.3. The molecule has 14 heavy (non-hydrogen) atoms. The van der Waals surface area contributed by atoms with Gasteiger partial charge in [-0.05, 0) is 19.1 Å². The van der Waals surface area contributed by atoms with Gasteiger partial charge in [-0.2, -0.15) is 0 Å². The molecule has 0 saturated carbocycles. The van der Waals surface area contributed by atoms with Crippen LogP contribution in [0.5, 0.6) is 5.75 Å². The maximum absolute atomic E-state index is 9.66. The first-order valence-corrected chi connectivity index (χ1v) is 4.61. The molecular formula is C11H12N2O. The largest absolute Gasteiger partial charge is 0.507 e. The van der Waals surface area contributed by atoms with Gasteiger partial charge in [0.25, 0.3) is 0 Å². The molecule has 3 nitrogen and oxygen atoms in total. The number of hydrogen-bond acceptors (Lipinski definition) is 2. The standard InChI is InChI=1S/C11H12N2O/c1-2-13-8-12-7-10(13)9-5-3-4-6-11(9)14/h3-8,14H,2H2,1H3. The number of benzene rings is 1. The zero-order chi connectivity index (χ0) is 9.97. The number of hydrogen-bond donors (Lipinski definition) is 1. The molecular weight excluding hydrogens is 176 g/mol. The van der Waals surface area contributed by atoms with Gasteiger partial charge >= 0.3 is 0 Å². The Morgan fingerprint density at radius 1 is 1.36 bits per heavy atom. The minimum absolute atomic E-state index is 0.294. The fourth-order valence-corrected chi connectivity index (χ4v) is 1.49. The number of aromatic nitrogens is 2.